The zero-order valence-corrected chi connectivity index (χ0v) is 13.7. The summed E-state index contributed by atoms with van der Waals surface area (Å²) in [6.45, 7) is 0.391. The highest BCUT2D eigenvalue weighted by molar-refractivity contribution is 5.94. The van der Waals surface area contributed by atoms with Crippen molar-refractivity contribution in [2.24, 2.45) is 0 Å². The summed E-state index contributed by atoms with van der Waals surface area (Å²) in [5.41, 5.74) is 2.67. The summed E-state index contributed by atoms with van der Waals surface area (Å²) in [6.07, 6.45) is 1.49. The maximum atomic E-state index is 13.3. The number of carbonyl (C=O) groups is 1. The van der Waals surface area contributed by atoms with Crippen molar-refractivity contribution in [2.45, 2.75) is 6.54 Å². The van der Waals surface area contributed by atoms with Gasteiger partial charge in [-0.2, -0.15) is 0 Å². The number of nitrogens with one attached hydrogen (secondary N) is 1. The monoisotopic (exact) mass is 336 g/mol. The first-order valence-electron chi connectivity index (χ1n) is 7.79. The van der Waals surface area contributed by atoms with Crippen LogP contribution in [0.3, 0.4) is 0 Å². The van der Waals surface area contributed by atoms with E-state index in [9.17, 15) is 9.18 Å². The summed E-state index contributed by atoms with van der Waals surface area (Å²) in [6, 6.07) is 17.1. The molecule has 5 heteroatoms. The van der Waals surface area contributed by atoms with Crippen molar-refractivity contribution in [3.63, 3.8) is 0 Å². The summed E-state index contributed by atoms with van der Waals surface area (Å²) >= 11 is 0. The van der Waals surface area contributed by atoms with E-state index in [2.05, 4.69) is 10.3 Å². The molecule has 1 amide bonds. The van der Waals surface area contributed by atoms with Gasteiger partial charge in [0.25, 0.3) is 5.91 Å². The minimum Gasteiger partial charge on any atom is -0.497 e. The van der Waals surface area contributed by atoms with Crippen LogP contribution in [-0.2, 0) is 6.54 Å². The maximum absolute atomic E-state index is 13.3. The first kappa shape index (κ1) is 16.6. The van der Waals surface area contributed by atoms with Crippen molar-refractivity contribution in [2.75, 3.05) is 7.11 Å². The van der Waals surface area contributed by atoms with E-state index in [-0.39, 0.29) is 11.7 Å². The topological polar surface area (TPSA) is 51.2 Å². The molecule has 3 aromatic rings. The molecule has 3 rings (SSSR count). The van der Waals surface area contributed by atoms with Crippen LogP contribution in [-0.4, -0.2) is 18.0 Å². The van der Waals surface area contributed by atoms with E-state index in [0.717, 1.165) is 11.3 Å². The molecule has 0 aliphatic carbocycles. The lowest BCUT2D eigenvalue weighted by molar-refractivity contribution is 0.0950. The lowest BCUT2D eigenvalue weighted by Gasteiger charge is -2.07. The molecule has 0 bridgehead atoms. The molecule has 1 heterocycles. The Kier molecular flexibility index (Phi) is 5.04. The van der Waals surface area contributed by atoms with Crippen LogP contribution >= 0.6 is 0 Å². The van der Waals surface area contributed by atoms with E-state index in [1.165, 1.54) is 18.3 Å². The molecule has 4 nitrogen and oxygen atoms in total. The molecule has 0 saturated carbocycles. The van der Waals surface area contributed by atoms with Crippen LogP contribution in [0.25, 0.3) is 11.3 Å². The number of nitrogens with zero attached hydrogens (tertiary/aromatic N) is 1. The second-order valence-electron chi connectivity index (χ2n) is 5.48. The lowest BCUT2D eigenvalue weighted by atomic mass is 10.1. The molecule has 0 aliphatic heterocycles. The Balaban J connectivity index is 1.66. The molecule has 0 saturated heterocycles. The predicted octanol–water partition coefficient (Wildman–Crippen LogP) is 3.83. The first-order chi connectivity index (χ1) is 12.2. The second-order valence-corrected chi connectivity index (χ2v) is 5.48. The minimum absolute atomic E-state index is 0.221. The number of amides is 1. The molecule has 0 radical (unpaired) electrons. The number of hydrogen-bond acceptors (Lipinski definition) is 3. The van der Waals surface area contributed by atoms with Crippen molar-refractivity contribution in [1.29, 1.82) is 0 Å². The molecule has 1 aromatic heterocycles. The molecule has 0 spiro atoms. The quantitative estimate of drug-likeness (QED) is 0.770. The Morgan fingerprint density at radius 2 is 1.96 bits per heavy atom. The average molecular weight is 336 g/mol. The average Bonchev–Trinajstić information content (AvgIpc) is 2.66. The highest BCUT2D eigenvalue weighted by atomic mass is 19.1. The largest absolute Gasteiger partial charge is 0.497 e. The number of carbonyl (C=O) groups excluding carboxylic acids is 1. The van der Waals surface area contributed by atoms with Gasteiger partial charge in [-0.15, -0.1) is 0 Å². The Labute approximate surface area is 145 Å². The van der Waals surface area contributed by atoms with Gasteiger partial charge in [0.2, 0.25) is 0 Å². The van der Waals surface area contributed by atoms with Gasteiger partial charge in [-0.05, 0) is 42.0 Å². The standard InChI is InChI=1S/C20H17FN2O2/c1-25-18-7-2-4-14(10-18)12-23-20(24)16-8-9-19(22-13-16)15-5-3-6-17(21)11-15/h2-11,13H,12H2,1H3,(H,23,24). The van der Waals surface area contributed by atoms with Crippen LogP contribution in [0.4, 0.5) is 4.39 Å². The van der Waals surface area contributed by atoms with Crippen LogP contribution in [0.1, 0.15) is 15.9 Å². The normalized spacial score (nSPS) is 10.3. The number of pyridine rings is 1. The van der Waals surface area contributed by atoms with Crippen molar-refractivity contribution in [1.82, 2.24) is 10.3 Å². The van der Waals surface area contributed by atoms with Gasteiger partial charge in [0.15, 0.2) is 0 Å². The first-order valence-corrected chi connectivity index (χ1v) is 7.79. The van der Waals surface area contributed by atoms with E-state index in [0.29, 0.717) is 23.4 Å². The molecule has 25 heavy (non-hydrogen) atoms. The third-order valence-corrected chi connectivity index (χ3v) is 3.73. The van der Waals surface area contributed by atoms with Gasteiger partial charge in [-0.25, -0.2) is 4.39 Å². The van der Waals surface area contributed by atoms with Crippen LogP contribution in [0.5, 0.6) is 5.75 Å². The number of methoxy groups -OCH3 is 1. The number of aromatic nitrogens is 1. The summed E-state index contributed by atoms with van der Waals surface area (Å²) in [5.74, 6) is 0.202. The second kappa shape index (κ2) is 7.57. The highest BCUT2D eigenvalue weighted by Gasteiger charge is 2.07. The summed E-state index contributed by atoms with van der Waals surface area (Å²) < 4.78 is 18.4. The molecule has 0 unspecified atom stereocenters. The Bertz CT molecular complexity index is 879. The Morgan fingerprint density at radius 1 is 1.12 bits per heavy atom. The van der Waals surface area contributed by atoms with Gasteiger partial charge >= 0.3 is 0 Å². The number of halogens is 1. The molecule has 1 N–H and O–H groups in total. The SMILES string of the molecule is COc1cccc(CNC(=O)c2ccc(-c3cccc(F)c3)nc2)c1. The molecule has 0 aliphatic rings. The Hall–Kier alpha value is -3.21. The van der Waals surface area contributed by atoms with Crippen LogP contribution in [0.15, 0.2) is 66.9 Å². The van der Waals surface area contributed by atoms with E-state index < -0.39 is 0 Å². The van der Waals surface area contributed by atoms with Crippen molar-refractivity contribution in [3.8, 4) is 17.0 Å². The fourth-order valence-electron chi connectivity index (χ4n) is 2.41. The van der Waals surface area contributed by atoms with Gasteiger partial charge in [-0.1, -0.05) is 24.3 Å². The zero-order valence-electron chi connectivity index (χ0n) is 13.7. The molecular formula is C20H17FN2O2. The third-order valence-electron chi connectivity index (χ3n) is 3.73. The van der Waals surface area contributed by atoms with Crippen LogP contribution in [0, 0.1) is 5.82 Å². The maximum Gasteiger partial charge on any atom is 0.253 e. The van der Waals surface area contributed by atoms with Crippen LogP contribution in [0.2, 0.25) is 0 Å². The summed E-state index contributed by atoms with van der Waals surface area (Å²) in [5, 5.41) is 2.84. The van der Waals surface area contributed by atoms with Gasteiger partial charge in [0.05, 0.1) is 18.4 Å². The highest BCUT2D eigenvalue weighted by Crippen LogP contribution is 2.18. The molecule has 0 atom stereocenters. The summed E-state index contributed by atoms with van der Waals surface area (Å²) in [7, 11) is 1.60. The zero-order chi connectivity index (χ0) is 17.6. The Morgan fingerprint density at radius 3 is 2.68 bits per heavy atom. The third kappa shape index (κ3) is 4.20. The molecule has 2 aromatic carbocycles. The fourth-order valence-corrected chi connectivity index (χ4v) is 2.41. The van der Waals surface area contributed by atoms with Crippen LogP contribution < -0.4 is 10.1 Å². The summed E-state index contributed by atoms with van der Waals surface area (Å²) in [4.78, 5) is 16.5. The van der Waals surface area contributed by atoms with E-state index in [4.69, 9.17) is 4.74 Å². The van der Waals surface area contributed by atoms with E-state index in [1.807, 2.05) is 24.3 Å². The van der Waals surface area contributed by atoms with Gasteiger partial charge < -0.3 is 10.1 Å². The van der Waals surface area contributed by atoms with Gasteiger partial charge in [-0.3, -0.25) is 9.78 Å². The lowest BCUT2D eigenvalue weighted by Crippen LogP contribution is -2.22. The van der Waals surface area contributed by atoms with Gasteiger partial charge in [0, 0.05) is 18.3 Å². The number of benzene rings is 2. The van der Waals surface area contributed by atoms with E-state index >= 15 is 0 Å². The van der Waals surface area contributed by atoms with Crippen molar-refractivity contribution >= 4 is 5.91 Å². The number of ether oxygens (including phenoxy) is 1. The van der Waals surface area contributed by atoms with Gasteiger partial charge in [0.1, 0.15) is 11.6 Å². The van der Waals surface area contributed by atoms with Crippen molar-refractivity contribution < 1.29 is 13.9 Å². The number of rotatable bonds is 5. The molecule has 126 valence electrons. The predicted molar refractivity (Wildman–Crippen MR) is 93.8 cm³/mol. The molecular weight excluding hydrogens is 319 g/mol. The fraction of sp³-hybridized carbons (Fsp3) is 0.100. The molecule has 0 fully saturated rings. The minimum atomic E-state index is -0.320. The van der Waals surface area contributed by atoms with Crippen molar-refractivity contribution in [3.05, 3.63) is 83.8 Å². The number of hydrogen-bond donors (Lipinski definition) is 1. The smallest absolute Gasteiger partial charge is 0.253 e. The van der Waals surface area contributed by atoms with E-state index in [1.54, 1.807) is 31.4 Å².